The Morgan fingerprint density at radius 1 is 1.43 bits per heavy atom. The molecule has 6 heteroatoms. The van der Waals surface area contributed by atoms with Crippen LogP contribution in [0.4, 0.5) is 10.2 Å². The normalized spacial score (nSPS) is 11.5. The van der Waals surface area contributed by atoms with Crippen LogP contribution in [0, 0.1) is 17.1 Å². The Morgan fingerprint density at radius 3 is 2.71 bits per heavy atom. The molecule has 21 heavy (non-hydrogen) atoms. The highest BCUT2D eigenvalue weighted by Gasteiger charge is 2.15. The summed E-state index contributed by atoms with van der Waals surface area (Å²) in [6.07, 6.45) is 1.30. The third-order valence-electron chi connectivity index (χ3n) is 3.01. The monoisotopic (exact) mass is 284 g/mol. The Kier molecular flexibility index (Phi) is 4.14. The number of hydrogen-bond acceptors (Lipinski definition) is 4. The summed E-state index contributed by atoms with van der Waals surface area (Å²) in [6, 6.07) is 8.78. The number of carbonyl (C=O) groups excluding carboxylic acids is 1. The van der Waals surface area contributed by atoms with Crippen molar-refractivity contribution < 1.29 is 9.18 Å². The molecule has 1 amide bonds. The molecule has 0 saturated carbocycles. The van der Waals surface area contributed by atoms with E-state index in [0.717, 1.165) is 5.56 Å². The number of halogens is 1. The van der Waals surface area contributed by atoms with Gasteiger partial charge in [-0.15, -0.1) is 0 Å². The average molecular weight is 284 g/mol. The fraction of sp³-hybridized carbons (Fsp3) is 0.133. The van der Waals surface area contributed by atoms with E-state index in [1.165, 1.54) is 24.4 Å². The molecule has 0 saturated heterocycles. The fourth-order valence-corrected chi connectivity index (χ4v) is 1.83. The maximum absolute atomic E-state index is 12.9. The van der Waals surface area contributed by atoms with Gasteiger partial charge in [0, 0.05) is 6.20 Å². The van der Waals surface area contributed by atoms with Crippen LogP contribution in [0.15, 0.2) is 36.5 Å². The van der Waals surface area contributed by atoms with Gasteiger partial charge in [-0.05, 0) is 30.7 Å². The summed E-state index contributed by atoms with van der Waals surface area (Å²) in [5.74, 6) is -0.723. The topological polar surface area (TPSA) is 91.8 Å². The van der Waals surface area contributed by atoms with Crippen LogP contribution in [0.1, 0.15) is 34.5 Å². The van der Waals surface area contributed by atoms with Crippen molar-refractivity contribution in [1.29, 1.82) is 5.26 Å². The molecule has 106 valence electrons. The Bertz CT molecular complexity index is 707. The summed E-state index contributed by atoms with van der Waals surface area (Å²) in [7, 11) is 0. The number of aromatic nitrogens is 1. The molecule has 0 unspecified atom stereocenters. The van der Waals surface area contributed by atoms with Gasteiger partial charge >= 0.3 is 0 Å². The number of nitriles is 1. The first-order valence-electron chi connectivity index (χ1n) is 6.23. The first kappa shape index (κ1) is 14.5. The summed E-state index contributed by atoms with van der Waals surface area (Å²) in [5, 5.41) is 11.6. The maximum Gasteiger partial charge on any atom is 0.255 e. The molecular formula is C15H13FN4O. The molecule has 2 aromatic rings. The lowest BCUT2D eigenvalue weighted by Crippen LogP contribution is -2.27. The molecule has 0 spiro atoms. The summed E-state index contributed by atoms with van der Waals surface area (Å²) in [6.45, 7) is 1.77. The number of nitrogen functional groups attached to an aromatic ring is 1. The van der Waals surface area contributed by atoms with Gasteiger partial charge in [-0.3, -0.25) is 4.79 Å². The summed E-state index contributed by atoms with van der Waals surface area (Å²) in [4.78, 5) is 16.0. The molecule has 2 rings (SSSR count). The molecular weight excluding hydrogens is 271 g/mol. The average Bonchev–Trinajstić information content (AvgIpc) is 2.48. The Morgan fingerprint density at radius 2 is 2.10 bits per heavy atom. The molecule has 0 radical (unpaired) electrons. The number of nitrogens with zero attached hydrogens (tertiary/aromatic N) is 2. The minimum absolute atomic E-state index is 0.0535. The highest BCUT2D eigenvalue weighted by atomic mass is 19.1. The number of rotatable bonds is 3. The number of nitrogens with one attached hydrogen (secondary N) is 1. The highest BCUT2D eigenvalue weighted by molar-refractivity contribution is 5.98. The van der Waals surface area contributed by atoms with Crippen LogP contribution in [0.2, 0.25) is 0 Å². The molecule has 1 heterocycles. The number of hydrogen-bond donors (Lipinski definition) is 2. The molecule has 1 aromatic heterocycles. The Hall–Kier alpha value is -2.94. The number of carbonyl (C=O) groups is 1. The van der Waals surface area contributed by atoms with Gasteiger partial charge in [-0.25, -0.2) is 9.37 Å². The van der Waals surface area contributed by atoms with Gasteiger partial charge in [0.15, 0.2) is 0 Å². The Labute approximate surface area is 121 Å². The van der Waals surface area contributed by atoms with Crippen LogP contribution in [0.25, 0.3) is 0 Å². The zero-order valence-corrected chi connectivity index (χ0v) is 11.3. The van der Waals surface area contributed by atoms with Gasteiger partial charge in [0.2, 0.25) is 0 Å². The van der Waals surface area contributed by atoms with E-state index in [4.69, 9.17) is 11.0 Å². The number of benzene rings is 1. The van der Waals surface area contributed by atoms with Crippen molar-refractivity contribution in [3.05, 3.63) is 59.0 Å². The van der Waals surface area contributed by atoms with Crippen LogP contribution in [0.3, 0.4) is 0 Å². The second kappa shape index (κ2) is 6.01. The molecule has 3 N–H and O–H groups in total. The van der Waals surface area contributed by atoms with E-state index in [9.17, 15) is 9.18 Å². The lowest BCUT2D eigenvalue weighted by Gasteiger charge is -2.15. The van der Waals surface area contributed by atoms with Crippen molar-refractivity contribution >= 4 is 11.7 Å². The molecule has 1 atom stereocenters. The number of amides is 1. The lowest BCUT2D eigenvalue weighted by atomic mass is 10.1. The van der Waals surface area contributed by atoms with E-state index in [1.807, 2.05) is 6.07 Å². The van der Waals surface area contributed by atoms with Crippen molar-refractivity contribution in [3.8, 4) is 6.07 Å². The van der Waals surface area contributed by atoms with E-state index in [-0.39, 0.29) is 28.8 Å². The zero-order valence-electron chi connectivity index (χ0n) is 11.3. The summed E-state index contributed by atoms with van der Waals surface area (Å²) in [5.41, 5.74) is 6.80. The van der Waals surface area contributed by atoms with E-state index < -0.39 is 5.91 Å². The second-order valence-corrected chi connectivity index (χ2v) is 4.52. The van der Waals surface area contributed by atoms with Crippen LogP contribution in [-0.2, 0) is 0 Å². The van der Waals surface area contributed by atoms with Gasteiger partial charge in [0.1, 0.15) is 17.7 Å². The molecule has 0 aliphatic rings. The SMILES string of the molecule is C[C@H](NC(=O)c1cc(C#N)cnc1N)c1ccc(F)cc1. The first-order chi connectivity index (χ1) is 10.0. The predicted molar refractivity (Wildman–Crippen MR) is 75.6 cm³/mol. The van der Waals surface area contributed by atoms with Crippen molar-refractivity contribution in [3.63, 3.8) is 0 Å². The molecule has 5 nitrogen and oxygen atoms in total. The second-order valence-electron chi connectivity index (χ2n) is 4.52. The van der Waals surface area contributed by atoms with Crippen LogP contribution in [0.5, 0.6) is 0 Å². The minimum Gasteiger partial charge on any atom is -0.383 e. The van der Waals surface area contributed by atoms with Gasteiger partial charge in [0.05, 0.1) is 17.2 Å². The van der Waals surface area contributed by atoms with E-state index in [2.05, 4.69) is 10.3 Å². The van der Waals surface area contributed by atoms with Gasteiger partial charge in [-0.1, -0.05) is 12.1 Å². The Balaban J connectivity index is 2.18. The standard InChI is InChI=1S/C15H13FN4O/c1-9(11-2-4-12(16)5-3-11)20-15(21)13-6-10(7-17)8-19-14(13)18/h2-6,8-9H,1H3,(H2,18,19)(H,20,21)/t9-/m0/s1. The lowest BCUT2D eigenvalue weighted by molar-refractivity contribution is 0.0940. The summed E-state index contributed by atoms with van der Waals surface area (Å²) >= 11 is 0. The van der Waals surface area contributed by atoms with Crippen LogP contribution >= 0.6 is 0 Å². The van der Waals surface area contributed by atoms with Crippen molar-refractivity contribution in [2.45, 2.75) is 13.0 Å². The predicted octanol–water partition coefficient (Wildman–Crippen LogP) is 2.17. The number of pyridine rings is 1. The van der Waals surface area contributed by atoms with Crippen molar-refractivity contribution in [2.75, 3.05) is 5.73 Å². The zero-order chi connectivity index (χ0) is 15.4. The number of anilines is 1. The highest BCUT2D eigenvalue weighted by Crippen LogP contribution is 2.16. The third-order valence-corrected chi connectivity index (χ3v) is 3.01. The van der Waals surface area contributed by atoms with E-state index in [1.54, 1.807) is 19.1 Å². The maximum atomic E-state index is 12.9. The van der Waals surface area contributed by atoms with E-state index >= 15 is 0 Å². The molecule has 1 aromatic carbocycles. The van der Waals surface area contributed by atoms with Crippen LogP contribution in [-0.4, -0.2) is 10.9 Å². The molecule has 0 aliphatic carbocycles. The largest absolute Gasteiger partial charge is 0.383 e. The summed E-state index contributed by atoms with van der Waals surface area (Å²) < 4.78 is 12.9. The molecule has 0 bridgehead atoms. The number of nitrogens with two attached hydrogens (primary N) is 1. The third kappa shape index (κ3) is 3.34. The minimum atomic E-state index is -0.436. The van der Waals surface area contributed by atoms with Gasteiger partial charge < -0.3 is 11.1 Å². The van der Waals surface area contributed by atoms with Crippen molar-refractivity contribution in [1.82, 2.24) is 10.3 Å². The van der Waals surface area contributed by atoms with Crippen LogP contribution < -0.4 is 11.1 Å². The fourth-order valence-electron chi connectivity index (χ4n) is 1.83. The molecule has 0 fully saturated rings. The first-order valence-corrected chi connectivity index (χ1v) is 6.23. The smallest absolute Gasteiger partial charge is 0.255 e. The van der Waals surface area contributed by atoms with E-state index in [0.29, 0.717) is 0 Å². The van der Waals surface area contributed by atoms with Gasteiger partial charge in [0.25, 0.3) is 5.91 Å². The van der Waals surface area contributed by atoms with Crippen molar-refractivity contribution in [2.24, 2.45) is 0 Å². The molecule has 0 aliphatic heterocycles. The van der Waals surface area contributed by atoms with Gasteiger partial charge in [-0.2, -0.15) is 5.26 Å². The quantitative estimate of drug-likeness (QED) is 0.903.